The van der Waals surface area contributed by atoms with Crippen LogP contribution in [0, 0.1) is 0 Å². The van der Waals surface area contributed by atoms with E-state index in [0.29, 0.717) is 6.54 Å². The zero-order valence-corrected chi connectivity index (χ0v) is 10.4. The van der Waals surface area contributed by atoms with Crippen LogP contribution in [-0.4, -0.2) is 22.6 Å². The Kier molecular flexibility index (Phi) is 3.64. The van der Waals surface area contributed by atoms with Crippen LogP contribution in [0.3, 0.4) is 0 Å². The third-order valence-corrected chi connectivity index (χ3v) is 2.49. The lowest BCUT2D eigenvalue weighted by Crippen LogP contribution is -2.05. The van der Waals surface area contributed by atoms with Gasteiger partial charge in [-0.05, 0) is 38.9 Å². The topological polar surface area (TPSA) is 63.9 Å². The average Bonchev–Trinajstić information content (AvgIpc) is 2.67. The van der Waals surface area contributed by atoms with Crippen LogP contribution in [-0.2, 0) is 6.42 Å². The van der Waals surface area contributed by atoms with Gasteiger partial charge in [0, 0.05) is 12.5 Å². The molecule has 0 aliphatic carbocycles. The van der Waals surface area contributed by atoms with Crippen molar-refractivity contribution in [1.82, 2.24) is 9.97 Å². The number of hydrogen-bond donors (Lipinski definition) is 2. The van der Waals surface area contributed by atoms with Crippen molar-refractivity contribution in [2.24, 2.45) is 5.73 Å². The molecule has 3 N–H and O–H groups in total. The van der Waals surface area contributed by atoms with E-state index in [1.807, 2.05) is 32.0 Å². The number of aromatic amines is 1. The van der Waals surface area contributed by atoms with E-state index in [-0.39, 0.29) is 6.10 Å². The molecule has 1 aromatic carbocycles. The van der Waals surface area contributed by atoms with Gasteiger partial charge in [0.05, 0.1) is 17.1 Å². The first-order valence-electron chi connectivity index (χ1n) is 6.04. The lowest BCUT2D eigenvalue weighted by atomic mass is 10.3. The second-order valence-electron chi connectivity index (χ2n) is 4.42. The van der Waals surface area contributed by atoms with Crippen molar-refractivity contribution >= 4 is 11.0 Å². The van der Waals surface area contributed by atoms with E-state index in [2.05, 4.69) is 9.97 Å². The maximum Gasteiger partial charge on any atom is 0.121 e. The minimum atomic E-state index is 0.187. The monoisotopic (exact) mass is 233 g/mol. The van der Waals surface area contributed by atoms with E-state index in [4.69, 9.17) is 10.5 Å². The molecule has 0 aliphatic heterocycles. The van der Waals surface area contributed by atoms with Crippen molar-refractivity contribution in [3.8, 4) is 5.75 Å². The Morgan fingerprint density at radius 1 is 1.41 bits per heavy atom. The van der Waals surface area contributed by atoms with Gasteiger partial charge in [-0.25, -0.2) is 4.98 Å². The molecule has 0 saturated heterocycles. The predicted molar refractivity (Wildman–Crippen MR) is 69.2 cm³/mol. The van der Waals surface area contributed by atoms with Gasteiger partial charge in [0.25, 0.3) is 0 Å². The summed E-state index contributed by atoms with van der Waals surface area (Å²) in [5, 5.41) is 0. The summed E-state index contributed by atoms with van der Waals surface area (Å²) in [6, 6.07) is 5.93. The predicted octanol–water partition coefficient (Wildman–Crippen LogP) is 2.24. The summed E-state index contributed by atoms with van der Waals surface area (Å²) in [7, 11) is 0. The van der Waals surface area contributed by atoms with Crippen LogP contribution >= 0.6 is 0 Å². The number of hydrogen-bond acceptors (Lipinski definition) is 3. The summed E-state index contributed by atoms with van der Waals surface area (Å²) < 4.78 is 5.64. The van der Waals surface area contributed by atoms with Gasteiger partial charge < -0.3 is 15.5 Å². The van der Waals surface area contributed by atoms with E-state index < -0.39 is 0 Å². The van der Waals surface area contributed by atoms with Crippen molar-refractivity contribution in [2.75, 3.05) is 6.54 Å². The van der Waals surface area contributed by atoms with Gasteiger partial charge in [-0.1, -0.05) is 0 Å². The third kappa shape index (κ3) is 2.97. The van der Waals surface area contributed by atoms with Gasteiger partial charge in [-0.2, -0.15) is 0 Å². The number of nitrogens with one attached hydrogen (secondary N) is 1. The lowest BCUT2D eigenvalue weighted by molar-refractivity contribution is 0.242. The summed E-state index contributed by atoms with van der Waals surface area (Å²) in [6.07, 6.45) is 2.04. The molecular formula is C13H19N3O. The molecule has 4 nitrogen and oxygen atoms in total. The fourth-order valence-electron chi connectivity index (χ4n) is 1.77. The zero-order valence-electron chi connectivity index (χ0n) is 10.4. The van der Waals surface area contributed by atoms with Crippen LogP contribution in [0.25, 0.3) is 11.0 Å². The van der Waals surface area contributed by atoms with Gasteiger partial charge in [-0.3, -0.25) is 0 Å². The normalized spacial score (nSPS) is 11.3. The van der Waals surface area contributed by atoms with Crippen molar-refractivity contribution in [3.63, 3.8) is 0 Å². The number of nitrogens with zero attached hydrogens (tertiary/aromatic N) is 1. The number of rotatable bonds is 5. The van der Waals surface area contributed by atoms with Crippen molar-refractivity contribution in [1.29, 1.82) is 0 Å². The summed E-state index contributed by atoms with van der Waals surface area (Å²) in [6.45, 7) is 4.73. The Balaban J connectivity index is 2.21. The Bertz CT molecular complexity index is 490. The highest BCUT2D eigenvalue weighted by Crippen LogP contribution is 2.20. The lowest BCUT2D eigenvalue weighted by Gasteiger charge is -2.08. The number of imidazole rings is 1. The molecule has 0 amide bonds. The Morgan fingerprint density at radius 3 is 2.94 bits per heavy atom. The smallest absolute Gasteiger partial charge is 0.121 e. The molecule has 2 rings (SSSR count). The summed E-state index contributed by atoms with van der Waals surface area (Å²) in [5.41, 5.74) is 7.49. The SMILES string of the molecule is CC(C)Oc1ccc2nc(CCCN)[nH]c2c1. The van der Waals surface area contributed by atoms with Crippen LogP contribution < -0.4 is 10.5 Å². The summed E-state index contributed by atoms with van der Waals surface area (Å²) >= 11 is 0. The molecule has 0 spiro atoms. The fourth-order valence-corrected chi connectivity index (χ4v) is 1.77. The van der Waals surface area contributed by atoms with E-state index >= 15 is 0 Å². The Hall–Kier alpha value is -1.55. The second-order valence-corrected chi connectivity index (χ2v) is 4.42. The molecule has 1 heterocycles. The van der Waals surface area contributed by atoms with Crippen LogP contribution in [0.1, 0.15) is 26.1 Å². The van der Waals surface area contributed by atoms with Gasteiger partial charge in [0.2, 0.25) is 0 Å². The number of benzene rings is 1. The highest BCUT2D eigenvalue weighted by Gasteiger charge is 2.04. The molecule has 92 valence electrons. The van der Waals surface area contributed by atoms with Crippen molar-refractivity contribution in [3.05, 3.63) is 24.0 Å². The molecule has 17 heavy (non-hydrogen) atoms. The van der Waals surface area contributed by atoms with Gasteiger partial charge in [0.1, 0.15) is 11.6 Å². The van der Waals surface area contributed by atoms with E-state index in [9.17, 15) is 0 Å². The first-order chi connectivity index (χ1) is 8.19. The standard InChI is InChI=1S/C13H19N3O/c1-9(2)17-10-5-6-11-12(8-10)16-13(15-11)4-3-7-14/h5-6,8-9H,3-4,7,14H2,1-2H3,(H,15,16). The maximum absolute atomic E-state index is 5.64. The molecule has 4 heteroatoms. The van der Waals surface area contributed by atoms with E-state index in [0.717, 1.165) is 35.4 Å². The molecule has 2 aromatic rings. The number of H-pyrrole nitrogens is 1. The summed E-state index contributed by atoms with van der Waals surface area (Å²) in [4.78, 5) is 7.80. The molecule has 0 aliphatic rings. The summed E-state index contributed by atoms with van der Waals surface area (Å²) in [5.74, 6) is 1.87. The zero-order chi connectivity index (χ0) is 12.3. The molecule has 0 atom stereocenters. The van der Waals surface area contributed by atoms with Crippen LogP contribution in [0.15, 0.2) is 18.2 Å². The fraction of sp³-hybridized carbons (Fsp3) is 0.462. The minimum absolute atomic E-state index is 0.187. The van der Waals surface area contributed by atoms with Gasteiger partial charge in [-0.15, -0.1) is 0 Å². The minimum Gasteiger partial charge on any atom is -0.491 e. The molecule has 0 fully saturated rings. The van der Waals surface area contributed by atoms with E-state index in [1.165, 1.54) is 0 Å². The number of fused-ring (bicyclic) bond motifs is 1. The van der Waals surface area contributed by atoms with Gasteiger partial charge >= 0.3 is 0 Å². The van der Waals surface area contributed by atoms with Crippen molar-refractivity contribution < 1.29 is 4.74 Å². The molecule has 1 aromatic heterocycles. The highest BCUT2D eigenvalue weighted by atomic mass is 16.5. The number of aryl methyl sites for hydroxylation is 1. The van der Waals surface area contributed by atoms with E-state index in [1.54, 1.807) is 0 Å². The third-order valence-electron chi connectivity index (χ3n) is 2.49. The number of nitrogens with two attached hydrogens (primary N) is 1. The van der Waals surface area contributed by atoms with Crippen molar-refractivity contribution in [2.45, 2.75) is 32.8 Å². The second kappa shape index (κ2) is 5.19. The Morgan fingerprint density at radius 2 is 2.24 bits per heavy atom. The molecule has 0 unspecified atom stereocenters. The number of ether oxygens (including phenoxy) is 1. The molecular weight excluding hydrogens is 214 g/mol. The highest BCUT2D eigenvalue weighted by molar-refractivity contribution is 5.76. The quantitative estimate of drug-likeness (QED) is 0.832. The largest absolute Gasteiger partial charge is 0.491 e. The molecule has 0 bridgehead atoms. The first-order valence-corrected chi connectivity index (χ1v) is 6.04. The van der Waals surface area contributed by atoms with Crippen LogP contribution in [0.5, 0.6) is 5.75 Å². The Labute approximate surface area is 101 Å². The molecule has 0 radical (unpaired) electrons. The number of aromatic nitrogens is 2. The molecule has 0 saturated carbocycles. The van der Waals surface area contributed by atoms with Crippen LogP contribution in [0.4, 0.5) is 0 Å². The first kappa shape index (κ1) is 11.9. The van der Waals surface area contributed by atoms with Gasteiger partial charge in [0.15, 0.2) is 0 Å². The average molecular weight is 233 g/mol. The maximum atomic E-state index is 5.64. The van der Waals surface area contributed by atoms with Crippen LogP contribution in [0.2, 0.25) is 0 Å².